The minimum Gasteiger partial charge on any atom is -0.478 e. The summed E-state index contributed by atoms with van der Waals surface area (Å²) >= 11 is 1.77. The van der Waals surface area contributed by atoms with E-state index in [-0.39, 0.29) is 11.5 Å². The average Bonchev–Trinajstić information content (AvgIpc) is 3.44. The van der Waals surface area contributed by atoms with Crippen molar-refractivity contribution in [2.24, 2.45) is 0 Å². The van der Waals surface area contributed by atoms with Crippen LogP contribution in [0.4, 0.5) is 0 Å². The van der Waals surface area contributed by atoms with E-state index in [9.17, 15) is 4.79 Å². The predicted octanol–water partition coefficient (Wildman–Crippen LogP) is 4.35. The van der Waals surface area contributed by atoms with Crippen LogP contribution in [0.2, 0.25) is 0 Å². The van der Waals surface area contributed by atoms with Gasteiger partial charge in [0.25, 0.3) is 0 Å². The fourth-order valence-electron chi connectivity index (χ4n) is 3.37. The van der Waals surface area contributed by atoms with E-state index in [4.69, 9.17) is 13.9 Å². The quantitative estimate of drug-likeness (QED) is 0.631. The number of fused-ring (bicyclic) bond motifs is 3. The number of nitrogens with zero attached hydrogens (tertiary/aromatic N) is 1. The molecule has 6 heteroatoms. The molecule has 0 unspecified atom stereocenters. The number of carbonyl (C=O) groups excluding carboxylic acids is 1. The molecule has 0 saturated heterocycles. The Bertz CT molecular complexity index is 1010. The minimum atomic E-state index is -0.125. The second kappa shape index (κ2) is 6.72. The first-order valence-corrected chi connectivity index (χ1v) is 9.67. The third-order valence-electron chi connectivity index (χ3n) is 4.75. The third kappa shape index (κ3) is 3.07. The molecule has 1 aromatic carbocycles. The second-order valence-electron chi connectivity index (χ2n) is 6.53. The molecule has 2 aliphatic heterocycles. The van der Waals surface area contributed by atoms with Crippen LogP contribution >= 0.6 is 11.3 Å². The fraction of sp³-hybridized carbons (Fsp3) is 0.190. The molecule has 3 aromatic rings. The Morgan fingerprint density at radius 1 is 1.19 bits per heavy atom. The lowest BCUT2D eigenvalue weighted by molar-refractivity contribution is 0.0951. The van der Waals surface area contributed by atoms with Gasteiger partial charge in [-0.25, -0.2) is 0 Å². The summed E-state index contributed by atoms with van der Waals surface area (Å²) in [7, 11) is 0. The van der Waals surface area contributed by atoms with Crippen LogP contribution in [0.1, 0.15) is 26.6 Å². The first-order chi connectivity index (χ1) is 13.3. The van der Waals surface area contributed by atoms with Crippen molar-refractivity contribution in [2.75, 3.05) is 13.3 Å². The largest absolute Gasteiger partial charge is 0.478 e. The summed E-state index contributed by atoms with van der Waals surface area (Å²) < 4.78 is 17.1. The second-order valence-corrected chi connectivity index (χ2v) is 7.56. The first-order valence-electron chi connectivity index (χ1n) is 8.79. The highest BCUT2D eigenvalue weighted by molar-refractivity contribution is 7.09. The Labute approximate surface area is 160 Å². The molecule has 5 rings (SSSR count). The lowest BCUT2D eigenvalue weighted by Crippen LogP contribution is -2.33. The molecule has 0 amide bonds. The van der Waals surface area contributed by atoms with Gasteiger partial charge in [0.1, 0.15) is 24.0 Å². The van der Waals surface area contributed by atoms with Gasteiger partial charge < -0.3 is 13.9 Å². The van der Waals surface area contributed by atoms with Gasteiger partial charge in [0, 0.05) is 24.0 Å². The van der Waals surface area contributed by atoms with Gasteiger partial charge in [-0.1, -0.05) is 6.07 Å². The summed E-state index contributed by atoms with van der Waals surface area (Å²) in [6, 6.07) is 11.4. The topological polar surface area (TPSA) is 51.9 Å². The molecule has 5 nitrogen and oxygen atoms in total. The molecule has 0 N–H and O–H groups in total. The van der Waals surface area contributed by atoms with Crippen LogP contribution in [0, 0.1) is 0 Å². The highest BCUT2D eigenvalue weighted by Crippen LogP contribution is 2.42. The Balaban J connectivity index is 1.39. The van der Waals surface area contributed by atoms with E-state index in [2.05, 4.69) is 22.4 Å². The van der Waals surface area contributed by atoms with E-state index in [0.717, 1.165) is 24.3 Å². The number of ether oxygens (including phenoxy) is 2. The fourth-order valence-corrected chi connectivity index (χ4v) is 4.07. The maximum Gasteiger partial charge on any atom is 0.232 e. The van der Waals surface area contributed by atoms with Gasteiger partial charge >= 0.3 is 0 Å². The molecule has 0 bridgehead atoms. The zero-order valence-corrected chi connectivity index (χ0v) is 15.3. The van der Waals surface area contributed by atoms with Crippen molar-refractivity contribution in [1.29, 1.82) is 0 Å². The van der Waals surface area contributed by atoms with Crippen molar-refractivity contribution >= 4 is 23.2 Å². The number of hydrogen-bond acceptors (Lipinski definition) is 6. The van der Waals surface area contributed by atoms with Gasteiger partial charge in [0.05, 0.1) is 17.4 Å². The van der Waals surface area contributed by atoms with Crippen molar-refractivity contribution in [2.45, 2.75) is 13.0 Å². The monoisotopic (exact) mass is 379 g/mol. The number of Topliss-reactive ketones (excluding diaryl/α,β-unsaturated/α-hetero) is 1. The number of rotatable bonds is 4. The standard InChI is InChI=1S/C21H17NO4S/c23-20-16-5-6-18-17(21(16)26-19(20)11-14-3-1-9-24-14)12-22(13-25-18)8-7-15-4-2-10-27-15/h1-6,9-11H,7-8,12-13H2/b19-11+. The molecule has 136 valence electrons. The molecule has 0 atom stereocenters. The molecular formula is C21H17NO4S. The van der Waals surface area contributed by atoms with E-state index >= 15 is 0 Å². The highest BCUT2D eigenvalue weighted by atomic mass is 32.1. The maximum absolute atomic E-state index is 12.7. The zero-order chi connectivity index (χ0) is 18.2. The molecule has 0 radical (unpaired) electrons. The smallest absolute Gasteiger partial charge is 0.232 e. The Kier molecular flexibility index (Phi) is 4.07. The Morgan fingerprint density at radius 3 is 2.96 bits per heavy atom. The summed E-state index contributed by atoms with van der Waals surface area (Å²) in [4.78, 5) is 16.3. The van der Waals surface area contributed by atoms with Crippen molar-refractivity contribution in [3.63, 3.8) is 0 Å². The van der Waals surface area contributed by atoms with Gasteiger partial charge in [-0.3, -0.25) is 9.69 Å². The van der Waals surface area contributed by atoms with Crippen LogP contribution in [-0.4, -0.2) is 24.0 Å². The number of allylic oxidation sites excluding steroid dienone is 1. The highest BCUT2D eigenvalue weighted by Gasteiger charge is 2.33. The van der Waals surface area contributed by atoms with Crippen molar-refractivity contribution < 1.29 is 18.7 Å². The van der Waals surface area contributed by atoms with Gasteiger partial charge in [-0.15, -0.1) is 11.3 Å². The predicted molar refractivity (Wildman–Crippen MR) is 102 cm³/mol. The SMILES string of the molecule is O=C1/C(=C\c2ccco2)Oc2c1ccc1c2CN(CCc2cccs2)CO1. The van der Waals surface area contributed by atoms with Crippen molar-refractivity contribution in [1.82, 2.24) is 4.90 Å². The lowest BCUT2D eigenvalue weighted by Gasteiger charge is -2.29. The number of thiophene rings is 1. The molecule has 0 aliphatic carbocycles. The van der Waals surface area contributed by atoms with Crippen LogP contribution < -0.4 is 9.47 Å². The minimum absolute atomic E-state index is 0.125. The van der Waals surface area contributed by atoms with Crippen LogP contribution in [0.15, 0.2) is 58.2 Å². The van der Waals surface area contributed by atoms with Gasteiger partial charge in [0.15, 0.2) is 5.76 Å². The van der Waals surface area contributed by atoms with E-state index in [0.29, 0.717) is 30.3 Å². The van der Waals surface area contributed by atoms with Crippen LogP contribution in [0.25, 0.3) is 6.08 Å². The average molecular weight is 379 g/mol. The van der Waals surface area contributed by atoms with E-state index < -0.39 is 0 Å². The third-order valence-corrected chi connectivity index (χ3v) is 5.69. The van der Waals surface area contributed by atoms with Gasteiger partial charge in [0.2, 0.25) is 5.78 Å². The van der Waals surface area contributed by atoms with E-state index in [1.54, 1.807) is 41.9 Å². The number of hydrogen-bond donors (Lipinski definition) is 0. The van der Waals surface area contributed by atoms with Crippen molar-refractivity contribution in [3.8, 4) is 11.5 Å². The summed E-state index contributed by atoms with van der Waals surface area (Å²) in [5, 5.41) is 2.09. The van der Waals surface area contributed by atoms with E-state index in [1.165, 1.54) is 4.88 Å². The first kappa shape index (κ1) is 16.4. The van der Waals surface area contributed by atoms with E-state index in [1.807, 2.05) is 6.07 Å². The number of furan rings is 1. The number of carbonyl (C=O) groups is 1. The van der Waals surface area contributed by atoms with Gasteiger partial charge in [-0.05, 0) is 42.1 Å². The zero-order valence-electron chi connectivity index (χ0n) is 14.5. The normalized spacial score (nSPS) is 17.5. The lowest BCUT2D eigenvalue weighted by atomic mass is 10.0. The Hall–Kier alpha value is -2.83. The summed E-state index contributed by atoms with van der Waals surface area (Å²) in [6.07, 6.45) is 4.18. The van der Waals surface area contributed by atoms with Crippen molar-refractivity contribution in [3.05, 3.63) is 75.6 Å². The number of ketones is 1. The van der Waals surface area contributed by atoms with Gasteiger partial charge in [-0.2, -0.15) is 0 Å². The molecule has 0 fully saturated rings. The number of benzene rings is 1. The molecule has 2 aromatic heterocycles. The van der Waals surface area contributed by atoms with Crippen LogP contribution in [-0.2, 0) is 13.0 Å². The molecule has 4 heterocycles. The summed E-state index contributed by atoms with van der Waals surface area (Å²) in [5.74, 6) is 2.14. The maximum atomic E-state index is 12.7. The summed E-state index contributed by atoms with van der Waals surface area (Å²) in [5.41, 5.74) is 1.51. The molecule has 0 spiro atoms. The molecule has 0 saturated carbocycles. The molecule has 2 aliphatic rings. The summed E-state index contributed by atoms with van der Waals surface area (Å²) in [6.45, 7) is 2.14. The Morgan fingerprint density at radius 2 is 2.15 bits per heavy atom. The van der Waals surface area contributed by atoms with Crippen LogP contribution in [0.5, 0.6) is 11.5 Å². The molecule has 27 heavy (non-hydrogen) atoms. The van der Waals surface area contributed by atoms with Crippen LogP contribution in [0.3, 0.4) is 0 Å². The molecular weight excluding hydrogens is 362 g/mol.